The summed E-state index contributed by atoms with van der Waals surface area (Å²) in [4.78, 5) is 14.5. The van der Waals surface area contributed by atoms with Crippen molar-refractivity contribution in [2.45, 2.75) is 25.7 Å². The summed E-state index contributed by atoms with van der Waals surface area (Å²) in [5.74, 6) is 1.95. The lowest BCUT2D eigenvalue weighted by atomic mass is 10.1. The van der Waals surface area contributed by atoms with Crippen LogP contribution >= 0.6 is 0 Å². The molecule has 0 saturated carbocycles. The van der Waals surface area contributed by atoms with Gasteiger partial charge >= 0.3 is 0 Å². The topological polar surface area (TPSA) is 56.8 Å². The fraction of sp³-hybridized carbons (Fsp3) is 0.368. The van der Waals surface area contributed by atoms with Gasteiger partial charge in [0.2, 0.25) is 0 Å². The molecular weight excluding hydrogens is 298 g/mol. The Morgan fingerprint density at radius 1 is 1.08 bits per heavy atom. The predicted octanol–water partition coefficient (Wildman–Crippen LogP) is 3.60. The molecule has 24 heavy (non-hydrogen) atoms. The van der Waals surface area contributed by atoms with Gasteiger partial charge in [0.15, 0.2) is 0 Å². The highest BCUT2D eigenvalue weighted by molar-refractivity contribution is 5.83. The van der Waals surface area contributed by atoms with Crippen LogP contribution in [-0.4, -0.2) is 34.6 Å². The van der Waals surface area contributed by atoms with Gasteiger partial charge in [-0.2, -0.15) is 0 Å². The number of benzene rings is 1. The second-order valence-corrected chi connectivity index (χ2v) is 6.35. The quantitative estimate of drug-likeness (QED) is 0.754. The molecule has 0 atom stereocenters. The Bertz CT molecular complexity index is 804. The number of nitrogens with one attached hydrogen (secondary N) is 2. The molecule has 1 aliphatic heterocycles. The van der Waals surface area contributed by atoms with E-state index < -0.39 is 0 Å². The molecule has 1 aromatic carbocycles. The number of hydrogen-bond donors (Lipinski definition) is 2. The van der Waals surface area contributed by atoms with Crippen LogP contribution in [0.25, 0.3) is 10.9 Å². The normalized spacial score (nSPS) is 14.9. The monoisotopic (exact) mass is 321 g/mol. The lowest BCUT2D eigenvalue weighted by molar-refractivity contribution is 0.573. The van der Waals surface area contributed by atoms with Crippen molar-refractivity contribution >= 4 is 22.5 Å². The molecule has 2 N–H and O–H groups in total. The number of hydrogen-bond acceptors (Lipinski definition) is 4. The molecule has 0 unspecified atom stereocenters. The molecule has 0 radical (unpaired) electrons. The molecule has 0 bridgehead atoms. The molecule has 5 nitrogen and oxygen atoms in total. The van der Waals surface area contributed by atoms with Crippen LogP contribution in [0.15, 0.2) is 42.9 Å². The zero-order valence-corrected chi connectivity index (χ0v) is 13.8. The number of aromatic nitrogens is 3. The van der Waals surface area contributed by atoms with Crippen LogP contribution in [0.2, 0.25) is 0 Å². The van der Waals surface area contributed by atoms with Crippen molar-refractivity contribution in [3.05, 3.63) is 48.4 Å². The zero-order chi connectivity index (χ0) is 16.2. The molecule has 1 saturated heterocycles. The maximum absolute atomic E-state index is 4.43. The van der Waals surface area contributed by atoms with Gasteiger partial charge in [-0.25, -0.2) is 9.97 Å². The minimum absolute atomic E-state index is 0.859. The Balaban J connectivity index is 1.39. The van der Waals surface area contributed by atoms with Gasteiger partial charge in [0.1, 0.15) is 18.0 Å². The molecular formula is C19H23N5. The highest BCUT2D eigenvalue weighted by Crippen LogP contribution is 2.20. The highest BCUT2D eigenvalue weighted by atomic mass is 15.2. The largest absolute Gasteiger partial charge is 0.370 e. The number of aromatic amines is 1. The number of H-pyrrole nitrogens is 1. The van der Waals surface area contributed by atoms with Crippen LogP contribution in [0.4, 0.5) is 11.6 Å². The number of anilines is 2. The molecule has 0 aliphatic carbocycles. The third kappa shape index (κ3) is 3.20. The number of para-hydroxylation sites is 1. The minimum Gasteiger partial charge on any atom is -0.370 e. The van der Waals surface area contributed by atoms with Crippen molar-refractivity contribution in [1.29, 1.82) is 0 Å². The van der Waals surface area contributed by atoms with Crippen molar-refractivity contribution in [2.75, 3.05) is 29.9 Å². The van der Waals surface area contributed by atoms with Crippen LogP contribution < -0.4 is 10.2 Å². The van der Waals surface area contributed by atoms with Gasteiger partial charge in [-0.1, -0.05) is 18.2 Å². The number of fused-ring (bicyclic) bond motifs is 1. The van der Waals surface area contributed by atoms with Gasteiger partial charge < -0.3 is 15.2 Å². The van der Waals surface area contributed by atoms with Crippen molar-refractivity contribution < 1.29 is 0 Å². The first-order valence-electron chi connectivity index (χ1n) is 8.76. The molecule has 0 amide bonds. The molecule has 1 fully saturated rings. The SMILES string of the molecule is c1ccc2c(CCNc3cc(N4CCCCC4)ncn3)c[nH]c2c1. The van der Waals surface area contributed by atoms with Crippen LogP contribution in [0.1, 0.15) is 24.8 Å². The van der Waals surface area contributed by atoms with E-state index in [9.17, 15) is 0 Å². The molecule has 0 spiro atoms. The summed E-state index contributed by atoms with van der Waals surface area (Å²) in [6.07, 6.45) is 8.58. The van der Waals surface area contributed by atoms with Crippen LogP contribution in [0.5, 0.6) is 0 Å². The summed E-state index contributed by atoms with van der Waals surface area (Å²) >= 11 is 0. The molecule has 4 rings (SSSR count). The maximum atomic E-state index is 4.43. The first kappa shape index (κ1) is 15.0. The Morgan fingerprint density at radius 2 is 1.96 bits per heavy atom. The molecule has 3 heterocycles. The number of nitrogens with zero attached hydrogens (tertiary/aromatic N) is 3. The molecule has 124 valence electrons. The third-order valence-electron chi connectivity index (χ3n) is 4.71. The van der Waals surface area contributed by atoms with E-state index in [2.05, 4.69) is 61.7 Å². The second-order valence-electron chi connectivity index (χ2n) is 6.35. The average Bonchev–Trinajstić information content (AvgIpc) is 3.06. The first-order chi connectivity index (χ1) is 11.9. The molecule has 5 heteroatoms. The van der Waals surface area contributed by atoms with Crippen molar-refractivity contribution in [3.63, 3.8) is 0 Å². The van der Waals surface area contributed by atoms with Crippen molar-refractivity contribution in [3.8, 4) is 0 Å². The molecule has 1 aliphatic rings. The smallest absolute Gasteiger partial charge is 0.134 e. The van der Waals surface area contributed by atoms with Gasteiger partial charge in [0.25, 0.3) is 0 Å². The van der Waals surface area contributed by atoms with E-state index in [-0.39, 0.29) is 0 Å². The fourth-order valence-corrected chi connectivity index (χ4v) is 3.40. The van der Waals surface area contributed by atoms with Gasteiger partial charge in [0, 0.05) is 42.8 Å². The van der Waals surface area contributed by atoms with Crippen LogP contribution in [0.3, 0.4) is 0 Å². The molecule has 3 aromatic rings. The lowest BCUT2D eigenvalue weighted by Gasteiger charge is -2.27. The van der Waals surface area contributed by atoms with Gasteiger partial charge in [-0.15, -0.1) is 0 Å². The Labute approximate surface area is 142 Å². The van der Waals surface area contributed by atoms with Gasteiger partial charge in [-0.05, 0) is 37.3 Å². The highest BCUT2D eigenvalue weighted by Gasteiger charge is 2.12. The zero-order valence-electron chi connectivity index (χ0n) is 13.8. The van der Waals surface area contributed by atoms with Crippen molar-refractivity contribution in [1.82, 2.24) is 15.0 Å². The standard InChI is InChI=1S/C19H23N5/c1-4-10-24(11-5-1)19-12-18(22-14-23-19)20-9-8-15-13-21-17-7-3-2-6-16(15)17/h2-3,6-7,12-14,21H,1,4-5,8-11H2,(H,20,22,23). The number of piperidine rings is 1. The third-order valence-corrected chi connectivity index (χ3v) is 4.71. The average molecular weight is 321 g/mol. The van der Waals surface area contributed by atoms with E-state index in [1.165, 1.54) is 35.7 Å². The van der Waals surface area contributed by atoms with E-state index in [0.717, 1.165) is 37.7 Å². The minimum atomic E-state index is 0.859. The lowest BCUT2D eigenvalue weighted by Crippen LogP contribution is -2.30. The summed E-state index contributed by atoms with van der Waals surface area (Å²) in [6.45, 7) is 3.07. The van der Waals surface area contributed by atoms with Gasteiger partial charge in [0.05, 0.1) is 0 Å². The predicted molar refractivity (Wildman–Crippen MR) is 98.6 cm³/mol. The Kier molecular flexibility index (Phi) is 4.32. The van der Waals surface area contributed by atoms with Crippen LogP contribution in [-0.2, 0) is 6.42 Å². The summed E-state index contributed by atoms with van der Waals surface area (Å²) in [5, 5.41) is 4.74. The summed E-state index contributed by atoms with van der Waals surface area (Å²) in [5.41, 5.74) is 2.53. The van der Waals surface area contributed by atoms with Crippen molar-refractivity contribution in [2.24, 2.45) is 0 Å². The van der Waals surface area contributed by atoms with E-state index in [1.807, 2.05) is 0 Å². The Morgan fingerprint density at radius 3 is 2.88 bits per heavy atom. The maximum Gasteiger partial charge on any atom is 0.134 e. The van der Waals surface area contributed by atoms with Gasteiger partial charge in [-0.3, -0.25) is 0 Å². The molecule has 2 aromatic heterocycles. The first-order valence-corrected chi connectivity index (χ1v) is 8.76. The van der Waals surface area contributed by atoms with E-state index in [1.54, 1.807) is 6.33 Å². The summed E-state index contributed by atoms with van der Waals surface area (Å²) in [7, 11) is 0. The Hall–Kier alpha value is -2.56. The number of rotatable bonds is 5. The fourth-order valence-electron chi connectivity index (χ4n) is 3.40. The summed E-state index contributed by atoms with van der Waals surface area (Å²) in [6, 6.07) is 10.5. The van der Waals surface area contributed by atoms with E-state index in [4.69, 9.17) is 0 Å². The van der Waals surface area contributed by atoms with E-state index in [0.29, 0.717) is 0 Å². The van der Waals surface area contributed by atoms with E-state index >= 15 is 0 Å². The second kappa shape index (κ2) is 6.91. The summed E-state index contributed by atoms with van der Waals surface area (Å²) < 4.78 is 0. The van der Waals surface area contributed by atoms with Crippen LogP contribution in [0, 0.1) is 0 Å².